The first-order chi connectivity index (χ1) is 42.2. The highest BCUT2D eigenvalue weighted by atomic mass is 16.7. The molecule has 1 aliphatic heterocycles. The van der Waals surface area contributed by atoms with Crippen LogP contribution in [-0.4, -0.2) is 100 Å². The lowest BCUT2D eigenvalue weighted by Crippen LogP contribution is -2.60. The van der Waals surface area contributed by atoms with Crippen LogP contribution in [0.4, 0.5) is 0 Å². The molecule has 1 rings (SSSR count). The van der Waals surface area contributed by atoms with Crippen molar-refractivity contribution in [3.8, 4) is 0 Å². The molecule has 0 aliphatic carbocycles. The van der Waals surface area contributed by atoms with Crippen LogP contribution in [0.1, 0.15) is 341 Å². The normalized spacial score (nSPS) is 18.2. The number of carbonyl (C=O) groups excluding carboxylic acids is 2. The first-order valence-electron chi connectivity index (χ1n) is 36.6. The standard InChI is InChI=1S/C75H137NO10/c1-3-5-7-9-11-13-15-16-38-42-45-49-53-57-61-68(78)67(66-85-75-74(83)73(82)72(81)69(65-77)86-75)76-70(79)62-58-54-50-46-43-39-36-34-32-30-28-26-24-22-20-18-17-19-21-23-25-27-29-31-33-35-37-40-44-48-52-56-60-64-84-71(80)63-59-55-51-47-41-14-12-10-8-6-4-2/h10,12,21,23,27,29,42,45,57,61,67-69,72-75,77-78,81-83H,3-9,11,13-20,22,24-26,28,30-41,43-44,46-56,58-60,62-66H2,1-2H3,(H,76,79)/b12-10-,23-21-,29-27-,45-42+,61-57+. The number of allylic oxidation sites excluding steroid dienone is 9. The minimum absolute atomic E-state index is 0.00463. The van der Waals surface area contributed by atoms with Gasteiger partial charge in [0.2, 0.25) is 5.91 Å². The molecule has 0 spiro atoms. The van der Waals surface area contributed by atoms with Crippen molar-refractivity contribution in [2.45, 2.75) is 384 Å². The van der Waals surface area contributed by atoms with E-state index in [1.165, 1.54) is 250 Å². The minimum atomic E-state index is -1.58. The number of carbonyl (C=O) groups is 2. The highest BCUT2D eigenvalue weighted by Crippen LogP contribution is 2.23. The molecule has 1 amide bonds. The van der Waals surface area contributed by atoms with E-state index in [0.29, 0.717) is 19.4 Å². The van der Waals surface area contributed by atoms with Gasteiger partial charge in [0.1, 0.15) is 24.4 Å². The molecule has 0 saturated carbocycles. The molecule has 0 bridgehead atoms. The van der Waals surface area contributed by atoms with E-state index in [-0.39, 0.29) is 18.5 Å². The van der Waals surface area contributed by atoms with Crippen LogP contribution in [0.3, 0.4) is 0 Å². The van der Waals surface area contributed by atoms with E-state index >= 15 is 0 Å². The Hall–Kier alpha value is -2.64. The number of rotatable bonds is 64. The third-order valence-corrected chi connectivity index (χ3v) is 17.1. The van der Waals surface area contributed by atoms with E-state index in [1.807, 2.05) is 6.08 Å². The van der Waals surface area contributed by atoms with Gasteiger partial charge in [-0.3, -0.25) is 9.59 Å². The van der Waals surface area contributed by atoms with Crippen LogP contribution in [0.5, 0.6) is 0 Å². The number of amides is 1. The fourth-order valence-electron chi connectivity index (χ4n) is 11.3. The van der Waals surface area contributed by atoms with Crippen LogP contribution < -0.4 is 5.32 Å². The molecule has 6 N–H and O–H groups in total. The molecule has 1 heterocycles. The summed E-state index contributed by atoms with van der Waals surface area (Å²) in [7, 11) is 0. The summed E-state index contributed by atoms with van der Waals surface area (Å²) < 4.78 is 16.7. The number of esters is 1. The smallest absolute Gasteiger partial charge is 0.305 e. The Balaban J connectivity index is 1.98. The van der Waals surface area contributed by atoms with Crippen molar-refractivity contribution in [1.29, 1.82) is 0 Å². The number of hydrogen-bond donors (Lipinski definition) is 6. The third-order valence-electron chi connectivity index (χ3n) is 17.1. The summed E-state index contributed by atoms with van der Waals surface area (Å²) in [5, 5.41) is 54.5. The highest BCUT2D eigenvalue weighted by molar-refractivity contribution is 5.76. The third kappa shape index (κ3) is 52.2. The molecule has 11 nitrogen and oxygen atoms in total. The zero-order chi connectivity index (χ0) is 62.3. The van der Waals surface area contributed by atoms with Gasteiger partial charge in [0.05, 0.1) is 32.0 Å². The lowest BCUT2D eigenvalue weighted by molar-refractivity contribution is -0.302. The number of aliphatic hydroxyl groups excluding tert-OH is 5. The van der Waals surface area contributed by atoms with Gasteiger partial charge < -0.3 is 45.1 Å². The van der Waals surface area contributed by atoms with Crippen molar-refractivity contribution in [3.05, 3.63) is 60.8 Å². The van der Waals surface area contributed by atoms with Crippen molar-refractivity contribution >= 4 is 11.9 Å². The summed E-state index contributed by atoms with van der Waals surface area (Å²) in [6.07, 6.45) is 75.0. The van der Waals surface area contributed by atoms with E-state index in [9.17, 15) is 35.1 Å². The maximum atomic E-state index is 13.1. The number of unbranched alkanes of at least 4 members (excludes halogenated alkanes) is 42. The molecule has 502 valence electrons. The van der Waals surface area contributed by atoms with E-state index in [0.717, 1.165) is 64.2 Å². The summed E-state index contributed by atoms with van der Waals surface area (Å²) in [5.41, 5.74) is 0. The van der Waals surface area contributed by atoms with E-state index in [4.69, 9.17) is 14.2 Å². The molecule has 7 unspecified atom stereocenters. The highest BCUT2D eigenvalue weighted by Gasteiger charge is 2.44. The zero-order valence-electron chi connectivity index (χ0n) is 55.8. The summed E-state index contributed by atoms with van der Waals surface area (Å²) in [4.78, 5) is 25.1. The Labute approximate surface area is 528 Å². The second-order valence-corrected chi connectivity index (χ2v) is 25.3. The van der Waals surface area contributed by atoms with Crippen molar-refractivity contribution < 1.29 is 49.3 Å². The second kappa shape index (κ2) is 63.9. The van der Waals surface area contributed by atoms with Gasteiger partial charge in [-0.2, -0.15) is 0 Å². The Kier molecular flexibility index (Phi) is 60.5. The van der Waals surface area contributed by atoms with Gasteiger partial charge in [-0.1, -0.05) is 293 Å². The maximum absolute atomic E-state index is 13.1. The largest absolute Gasteiger partial charge is 0.466 e. The van der Waals surface area contributed by atoms with Crippen molar-refractivity contribution in [2.75, 3.05) is 19.8 Å². The number of hydrogen-bond acceptors (Lipinski definition) is 10. The molecule has 0 radical (unpaired) electrons. The van der Waals surface area contributed by atoms with E-state index in [2.05, 4.69) is 67.8 Å². The van der Waals surface area contributed by atoms with Gasteiger partial charge >= 0.3 is 5.97 Å². The summed E-state index contributed by atoms with van der Waals surface area (Å²) in [6.45, 7) is 4.31. The van der Waals surface area contributed by atoms with Crippen LogP contribution in [-0.2, 0) is 23.8 Å². The average Bonchev–Trinajstić information content (AvgIpc) is 2.19. The van der Waals surface area contributed by atoms with Gasteiger partial charge in [-0.15, -0.1) is 0 Å². The molecule has 0 aromatic rings. The average molecular weight is 1210 g/mol. The predicted molar refractivity (Wildman–Crippen MR) is 361 cm³/mol. The maximum Gasteiger partial charge on any atom is 0.305 e. The quantitative estimate of drug-likeness (QED) is 0.0195. The molecule has 1 saturated heterocycles. The molecule has 0 aromatic carbocycles. The van der Waals surface area contributed by atoms with Crippen molar-refractivity contribution in [3.63, 3.8) is 0 Å². The molecular formula is C75H137NO10. The summed E-state index contributed by atoms with van der Waals surface area (Å²) in [5.74, 6) is -0.194. The Morgan fingerprint density at radius 3 is 1.26 bits per heavy atom. The van der Waals surface area contributed by atoms with Crippen molar-refractivity contribution in [2.24, 2.45) is 0 Å². The van der Waals surface area contributed by atoms with Crippen LogP contribution in [0, 0.1) is 0 Å². The van der Waals surface area contributed by atoms with Crippen LogP contribution in [0.2, 0.25) is 0 Å². The predicted octanol–water partition coefficient (Wildman–Crippen LogP) is 18.9. The SMILES string of the molecule is CCCC/C=C\CCCCCCCC(=O)OCCCCCCCCCCC/C=C\C/C=C\CCCCCCCCCCCCCCCCCCCC(=O)NC(COC1OC(CO)C(O)C(O)C1O)C(O)/C=C/CC/C=C/CCCCCCCCCC. The fraction of sp³-hybridized carbons (Fsp3) is 0.840. The van der Waals surface area contributed by atoms with Gasteiger partial charge in [-0.25, -0.2) is 0 Å². The molecule has 1 fully saturated rings. The van der Waals surface area contributed by atoms with E-state index in [1.54, 1.807) is 6.08 Å². The topological polar surface area (TPSA) is 175 Å². The fourth-order valence-corrected chi connectivity index (χ4v) is 11.3. The van der Waals surface area contributed by atoms with Gasteiger partial charge in [0.25, 0.3) is 0 Å². The second-order valence-electron chi connectivity index (χ2n) is 25.3. The Morgan fingerprint density at radius 1 is 0.430 bits per heavy atom. The molecule has 11 heteroatoms. The summed E-state index contributed by atoms with van der Waals surface area (Å²) in [6, 6.07) is -0.827. The lowest BCUT2D eigenvalue weighted by Gasteiger charge is -2.40. The molecule has 0 aromatic heterocycles. The first kappa shape index (κ1) is 81.4. The molecule has 7 atom stereocenters. The number of aliphatic hydroxyl groups is 5. The number of nitrogens with one attached hydrogen (secondary N) is 1. The Morgan fingerprint density at radius 2 is 0.802 bits per heavy atom. The van der Waals surface area contributed by atoms with Crippen LogP contribution >= 0.6 is 0 Å². The van der Waals surface area contributed by atoms with Gasteiger partial charge in [0, 0.05) is 12.8 Å². The van der Waals surface area contributed by atoms with Gasteiger partial charge in [-0.05, 0) is 96.3 Å². The van der Waals surface area contributed by atoms with Crippen LogP contribution in [0.15, 0.2) is 60.8 Å². The van der Waals surface area contributed by atoms with Crippen molar-refractivity contribution in [1.82, 2.24) is 5.32 Å². The van der Waals surface area contributed by atoms with Gasteiger partial charge in [0.15, 0.2) is 6.29 Å². The molecular weight excluding hydrogens is 1070 g/mol. The zero-order valence-corrected chi connectivity index (χ0v) is 55.8. The lowest BCUT2D eigenvalue weighted by atomic mass is 9.99. The Bertz CT molecular complexity index is 1610. The minimum Gasteiger partial charge on any atom is -0.466 e. The summed E-state index contributed by atoms with van der Waals surface area (Å²) >= 11 is 0. The monoisotopic (exact) mass is 1210 g/mol. The molecule has 86 heavy (non-hydrogen) atoms. The molecule has 1 aliphatic rings. The van der Waals surface area contributed by atoms with Crippen LogP contribution in [0.25, 0.3) is 0 Å². The number of ether oxygens (including phenoxy) is 3. The van der Waals surface area contributed by atoms with E-state index < -0.39 is 49.5 Å². The first-order valence-corrected chi connectivity index (χ1v) is 36.6.